The van der Waals surface area contributed by atoms with E-state index in [4.69, 9.17) is 5.73 Å². The van der Waals surface area contributed by atoms with E-state index < -0.39 is 0 Å². The summed E-state index contributed by atoms with van der Waals surface area (Å²) in [6.45, 7) is 0.687. The Labute approximate surface area is 87.9 Å². The van der Waals surface area contributed by atoms with Crippen LogP contribution in [0.3, 0.4) is 0 Å². The first-order valence-electron chi connectivity index (χ1n) is 4.68. The lowest BCUT2D eigenvalue weighted by Gasteiger charge is -2.07. The molecular formula is C10H13N5. The smallest absolute Gasteiger partial charge is 0.146 e. The van der Waals surface area contributed by atoms with Crippen LogP contribution in [0.2, 0.25) is 0 Å². The van der Waals surface area contributed by atoms with E-state index in [1.165, 1.54) is 0 Å². The van der Waals surface area contributed by atoms with Gasteiger partial charge in [0.05, 0.1) is 17.9 Å². The quantitative estimate of drug-likeness (QED) is 0.781. The Morgan fingerprint density at radius 3 is 2.93 bits per heavy atom. The van der Waals surface area contributed by atoms with Crippen molar-refractivity contribution in [2.75, 3.05) is 11.1 Å². The van der Waals surface area contributed by atoms with Gasteiger partial charge in [-0.25, -0.2) is 4.98 Å². The van der Waals surface area contributed by atoms with Crippen molar-refractivity contribution >= 4 is 11.5 Å². The van der Waals surface area contributed by atoms with E-state index in [0.29, 0.717) is 12.4 Å². The molecule has 0 fully saturated rings. The van der Waals surface area contributed by atoms with Gasteiger partial charge in [0.25, 0.3) is 0 Å². The van der Waals surface area contributed by atoms with Crippen LogP contribution in [-0.4, -0.2) is 14.8 Å². The summed E-state index contributed by atoms with van der Waals surface area (Å²) in [6.07, 6.45) is 3.44. The van der Waals surface area contributed by atoms with E-state index in [0.717, 1.165) is 11.4 Å². The normalized spacial score (nSPS) is 10.2. The monoisotopic (exact) mass is 203 g/mol. The number of anilines is 2. The lowest BCUT2D eigenvalue weighted by atomic mass is 10.3. The Morgan fingerprint density at radius 1 is 1.40 bits per heavy atom. The molecule has 0 aliphatic rings. The molecule has 78 valence electrons. The third-order valence-electron chi connectivity index (χ3n) is 2.22. The number of nitrogens with zero attached hydrogens (tertiary/aromatic N) is 3. The third-order valence-corrected chi connectivity index (χ3v) is 2.22. The Morgan fingerprint density at radius 2 is 2.27 bits per heavy atom. The topological polar surface area (TPSA) is 68.8 Å². The molecule has 0 atom stereocenters. The number of aromatic nitrogens is 3. The van der Waals surface area contributed by atoms with Gasteiger partial charge in [-0.1, -0.05) is 0 Å². The van der Waals surface area contributed by atoms with Crippen molar-refractivity contribution in [3.8, 4) is 0 Å². The van der Waals surface area contributed by atoms with Crippen LogP contribution in [0.4, 0.5) is 11.5 Å². The first-order valence-corrected chi connectivity index (χ1v) is 4.68. The first kappa shape index (κ1) is 9.51. The van der Waals surface area contributed by atoms with Gasteiger partial charge in [0.15, 0.2) is 0 Å². The fourth-order valence-corrected chi connectivity index (χ4v) is 1.33. The zero-order chi connectivity index (χ0) is 10.7. The Bertz CT molecular complexity index is 449. The minimum absolute atomic E-state index is 0.514. The van der Waals surface area contributed by atoms with Gasteiger partial charge in [0.1, 0.15) is 5.82 Å². The zero-order valence-corrected chi connectivity index (χ0v) is 8.51. The van der Waals surface area contributed by atoms with E-state index in [-0.39, 0.29) is 0 Å². The summed E-state index contributed by atoms with van der Waals surface area (Å²) in [5, 5.41) is 7.29. The van der Waals surface area contributed by atoms with Crippen LogP contribution >= 0.6 is 0 Å². The third kappa shape index (κ3) is 2.07. The van der Waals surface area contributed by atoms with Gasteiger partial charge in [0, 0.05) is 19.4 Å². The van der Waals surface area contributed by atoms with Crippen molar-refractivity contribution in [1.29, 1.82) is 0 Å². The summed E-state index contributed by atoms with van der Waals surface area (Å²) in [5.74, 6) is 0.514. The van der Waals surface area contributed by atoms with Crippen molar-refractivity contribution in [2.24, 2.45) is 7.05 Å². The predicted molar refractivity (Wildman–Crippen MR) is 59.2 cm³/mol. The molecule has 2 heterocycles. The highest BCUT2D eigenvalue weighted by Crippen LogP contribution is 2.14. The molecule has 0 bridgehead atoms. The Balaban J connectivity index is 2.06. The molecule has 0 amide bonds. The maximum absolute atomic E-state index is 5.70. The average molecular weight is 203 g/mol. The molecule has 2 aromatic heterocycles. The number of rotatable bonds is 3. The Hall–Kier alpha value is -2.04. The lowest BCUT2D eigenvalue weighted by molar-refractivity contribution is 0.720. The number of pyridine rings is 1. The van der Waals surface area contributed by atoms with Crippen LogP contribution in [0.5, 0.6) is 0 Å². The maximum Gasteiger partial charge on any atom is 0.146 e. The molecule has 5 heteroatoms. The van der Waals surface area contributed by atoms with Gasteiger partial charge in [-0.2, -0.15) is 5.10 Å². The molecule has 0 radical (unpaired) electrons. The number of nitrogen functional groups attached to an aromatic ring is 1. The van der Waals surface area contributed by atoms with E-state index in [9.17, 15) is 0 Å². The zero-order valence-electron chi connectivity index (χ0n) is 8.51. The largest absolute Gasteiger partial charge is 0.382 e. The van der Waals surface area contributed by atoms with Gasteiger partial charge >= 0.3 is 0 Å². The highest BCUT2D eigenvalue weighted by molar-refractivity contribution is 5.60. The SMILES string of the molecule is Cn1nccc1CNc1cccnc1N. The van der Waals surface area contributed by atoms with Crippen LogP contribution in [-0.2, 0) is 13.6 Å². The molecule has 0 aromatic carbocycles. The summed E-state index contributed by atoms with van der Waals surface area (Å²) in [7, 11) is 1.91. The van der Waals surface area contributed by atoms with Crippen LogP contribution in [0.25, 0.3) is 0 Å². The number of hydrogen-bond acceptors (Lipinski definition) is 4. The average Bonchev–Trinajstić information content (AvgIpc) is 2.63. The molecule has 5 nitrogen and oxygen atoms in total. The van der Waals surface area contributed by atoms with Gasteiger partial charge in [0.2, 0.25) is 0 Å². The van der Waals surface area contributed by atoms with Crippen LogP contribution in [0, 0.1) is 0 Å². The van der Waals surface area contributed by atoms with Crippen molar-refractivity contribution in [3.05, 3.63) is 36.3 Å². The van der Waals surface area contributed by atoms with Crippen LogP contribution < -0.4 is 11.1 Å². The molecule has 15 heavy (non-hydrogen) atoms. The molecule has 0 saturated heterocycles. The van der Waals surface area contributed by atoms with Gasteiger partial charge in [-0.15, -0.1) is 0 Å². The van der Waals surface area contributed by atoms with Crippen molar-refractivity contribution in [1.82, 2.24) is 14.8 Å². The molecular weight excluding hydrogens is 190 g/mol. The predicted octanol–water partition coefficient (Wildman–Crippen LogP) is 1.01. The summed E-state index contributed by atoms with van der Waals surface area (Å²) in [5.41, 5.74) is 7.64. The molecule has 0 aliphatic carbocycles. The molecule has 3 N–H and O–H groups in total. The highest BCUT2D eigenvalue weighted by atomic mass is 15.3. The summed E-state index contributed by atoms with van der Waals surface area (Å²) in [4.78, 5) is 3.99. The summed E-state index contributed by atoms with van der Waals surface area (Å²) < 4.78 is 1.82. The van der Waals surface area contributed by atoms with Gasteiger partial charge < -0.3 is 11.1 Å². The second kappa shape index (κ2) is 4.00. The minimum atomic E-state index is 0.514. The van der Waals surface area contributed by atoms with Crippen molar-refractivity contribution in [2.45, 2.75) is 6.54 Å². The van der Waals surface area contributed by atoms with Crippen molar-refractivity contribution in [3.63, 3.8) is 0 Å². The highest BCUT2D eigenvalue weighted by Gasteiger charge is 2.00. The molecule has 2 aromatic rings. The first-order chi connectivity index (χ1) is 7.27. The molecule has 0 saturated carbocycles. The maximum atomic E-state index is 5.70. The molecule has 0 aliphatic heterocycles. The van der Waals surface area contributed by atoms with E-state index >= 15 is 0 Å². The summed E-state index contributed by atoms with van der Waals surface area (Å²) in [6, 6.07) is 5.71. The van der Waals surface area contributed by atoms with E-state index in [1.807, 2.05) is 29.9 Å². The van der Waals surface area contributed by atoms with E-state index in [2.05, 4.69) is 15.4 Å². The van der Waals surface area contributed by atoms with Crippen LogP contribution in [0.15, 0.2) is 30.6 Å². The molecule has 2 rings (SSSR count). The second-order valence-corrected chi connectivity index (χ2v) is 3.24. The van der Waals surface area contributed by atoms with Crippen LogP contribution in [0.1, 0.15) is 5.69 Å². The minimum Gasteiger partial charge on any atom is -0.382 e. The lowest BCUT2D eigenvalue weighted by Crippen LogP contribution is -2.07. The van der Waals surface area contributed by atoms with E-state index in [1.54, 1.807) is 12.4 Å². The number of aryl methyl sites for hydroxylation is 1. The second-order valence-electron chi connectivity index (χ2n) is 3.24. The van der Waals surface area contributed by atoms with Crippen molar-refractivity contribution < 1.29 is 0 Å². The number of nitrogens with two attached hydrogens (primary N) is 1. The number of nitrogens with one attached hydrogen (secondary N) is 1. The standard InChI is InChI=1S/C10H13N5/c1-15-8(4-6-14-15)7-13-9-3-2-5-12-10(9)11/h2-6,13H,7H2,1H3,(H2,11,12). The number of hydrogen-bond donors (Lipinski definition) is 2. The molecule has 0 spiro atoms. The van der Waals surface area contributed by atoms with Gasteiger partial charge in [-0.3, -0.25) is 4.68 Å². The summed E-state index contributed by atoms with van der Waals surface area (Å²) >= 11 is 0. The fraction of sp³-hybridized carbons (Fsp3) is 0.200. The fourth-order valence-electron chi connectivity index (χ4n) is 1.33. The molecule has 0 unspecified atom stereocenters. The Kier molecular flexibility index (Phi) is 2.53. The van der Waals surface area contributed by atoms with Gasteiger partial charge in [-0.05, 0) is 18.2 Å².